The smallest absolute Gasteiger partial charge is 0.335 e. The van der Waals surface area contributed by atoms with Crippen LogP contribution in [0.2, 0.25) is 0 Å². The van der Waals surface area contributed by atoms with E-state index in [0.717, 1.165) is 30.6 Å². The molecule has 0 fully saturated rings. The second-order valence-electron chi connectivity index (χ2n) is 3.74. The molecule has 3 nitrogen and oxygen atoms in total. The van der Waals surface area contributed by atoms with E-state index in [-0.39, 0.29) is 0 Å². The number of carbonyl (C=O) groups is 1. The number of carboxylic acids is 1. The van der Waals surface area contributed by atoms with Crippen LogP contribution in [0.4, 0.5) is 0 Å². The van der Waals surface area contributed by atoms with Crippen LogP contribution >= 0.6 is 0 Å². The monoisotopic (exact) mass is 191 g/mol. The Morgan fingerprint density at radius 1 is 1.50 bits per heavy atom. The summed E-state index contributed by atoms with van der Waals surface area (Å²) in [7, 11) is 2.05. The lowest BCUT2D eigenvalue weighted by atomic mass is 9.95. The fourth-order valence-electron chi connectivity index (χ4n) is 1.95. The van der Waals surface area contributed by atoms with Crippen LogP contribution in [0, 0.1) is 0 Å². The van der Waals surface area contributed by atoms with Gasteiger partial charge in [0.25, 0.3) is 0 Å². The van der Waals surface area contributed by atoms with Crippen molar-refractivity contribution in [3.8, 4) is 0 Å². The summed E-state index contributed by atoms with van der Waals surface area (Å²) in [5, 5.41) is 8.99. The van der Waals surface area contributed by atoms with Gasteiger partial charge in [-0.05, 0) is 30.7 Å². The van der Waals surface area contributed by atoms with Gasteiger partial charge in [-0.3, -0.25) is 0 Å². The van der Waals surface area contributed by atoms with Gasteiger partial charge < -0.3 is 10.0 Å². The topological polar surface area (TPSA) is 40.5 Å². The fraction of sp³-hybridized carbons (Fsp3) is 0.364. The summed E-state index contributed by atoms with van der Waals surface area (Å²) in [5.74, 6) is -0.814. The van der Waals surface area contributed by atoms with Crippen LogP contribution in [0.25, 0.3) is 0 Å². The minimum atomic E-state index is -0.814. The van der Waals surface area contributed by atoms with E-state index in [9.17, 15) is 4.79 Å². The molecule has 0 aromatic heterocycles. The highest BCUT2D eigenvalue weighted by Crippen LogP contribution is 2.21. The number of hydrogen-bond donors (Lipinski definition) is 1. The number of fused-ring (bicyclic) bond motifs is 1. The van der Waals surface area contributed by atoms with E-state index >= 15 is 0 Å². The molecule has 0 saturated heterocycles. The predicted molar refractivity (Wildman–Crippen MR) is 53.4 cm³/mol. The van der Waals surface area contributed by atoms with Gasteiger partial charge in [0, 0.05) is 13.1 Å². The minimum Gasteiger partial charge on any atom is -0.478 e. The van der Waals surface area contributed by atoms with Crippen molar-refractivity contribution >= 4 is 5.97 Å². The molecule has 0 unspecified atom stereocenters. The molecule has 3 heteroatoms. The summed E-state index contributed by atoms with van der Waals surface area (Å²) in [5.41, 5.74) is 2.63. The maximum atomic E-state index is 10.9. The second-order valence-corrected chi connectivity index (χ2v) is 3.74. The van der Waals surface area contributed by atoms with Crippen LogP contribution in [-0.2, 0) is 13.0 Å². The molecule has 1 N–H and O–H groups in total. The molecule has 0 atom stereocenters. The summed E-state index contributed by atoms with van der Waals surface area (Å²) in [6, 6.07) is 5.52. The third kappa shape index (κ3) is 1.51. The molecule has 0 aliphatic carbocycles. The highest BCUT2D eigenvalue weighted by Gasteiger charge is 2.18. The molecule has 0 amide bonds. The Kier molecular flexibility index (Phi) is 2.25. The molecule has 1 aromatic carbocycles. The zero-order chi connectivity index (χ0) is 10.1. The van der Waals surface area contributed by atoms with Gasteiger partial charge in [0.05, 0.1) is 5.56 Å². The molecule has 1 aliphatic heterocycles. The maximum absolute atomic E-state index is 10.9. The minimum absolute atomic E-state index is 0.468. The summed E-state index contributed by atoms with van der Waals surface area (Å²) in [4.78, 5) is 13.1. The third-order valence-electron chi connectivity index (χ3n) is 2.69. The van der Waals surface area contributed by atoms with Gasteiger partial charge >= 0.3 is 5.97 Å². The van der Waals surface area contributed by atoms with Crippen LogP contribution < -0.4 is 0 Å². The number of nitrogens with zero attached hydrogens (tertiary/aromatic N) is 1. The normalized spacial score (nSPS) is 16.4. The van der Waals surface area contributed by atoms with Crippen molar-refractivity contribution < 1.29 is 9.90 Å². The van der Waals surface area contributed by atoms with Crippen molar-refractivity contribution in [2.24, 2.45) is 0 Å². The zero-order valence-electron chi connectivity index (χ0n) is 8.16. The Morgan fingerprint density at radius 2 is 2.29 bits per heavy atom. The summed E-state index contributed by atoms with van der Waals surface area (Å²) in [6.07, 6.45) is 0.842. The van der Waals surface area contributed by atoms with Crippen LogP contribution in [0.1, 0.15) is 21.5 Å². The highest BCUT2D eigenvalue weighted by atomic mass is 16.4. The summed E-state index contributed by atoms with van der Waals surface area (Å²) >= 11 is 0. The van der Waals surface area contributed by atoms with E-state index < -0.39 is 5.97 Å². The Morgan fingerprint density at radius 3 is 3.00 bits per heavy atom. The van der Waals surface area contributed by atoms with E-state index in [1.165, 1.54) is 0 Å². The highest BCUT2D eigenvalue weighted by molar-refractivity contribution is 5.89. The molecule has 74 valence electrons. The first-order chi connectivity index (χ1) is 6.68. The number of likely N-dealkylation sites (N-methyl/N-ethyl adjacent to an activating group) is 1. The molecule has 14 heavy (non-hydrogen) atoms. The second kappa shape index (κ2) is 3.42. The SMILES string of the molecule is CN1CCc2c(cccc2C(=O)O)C1. The molecule has 2 rings (SSSR count). The van der Waals surface area contributed by atoms with E-state index in [1.54, 1.807) is 6.07 Å². The Balaban J connectivity index is 2.46. The maximum Gasteiger partial charge on any atom is 0.335 e. The summed E-state index contributed by atoms with van der Waals surface area (Å²) < 4.78 is 0. The van der Waals surface area contributed by atoms with Gasteiger partial charge in [0.15, 0.2) is 0 Å². The van der Waals surface area contributed by atoms with Crippen LogP contribution in [0.15, 0.2) is 18.2 Å². The Bertz CT molecular complexity index is 374. The standard InChI is InChI=1S/C11H13NO2/c1-12-6-5-9-8(7-12)3-2-4-10(9)11(13)14/h2-4H,5-7H2,1H3,(H,13,14). The van der Waals surface area contributed by atoms with Gasteiger partial charge in [-0.15, -0.1) is 0 Å². The fourth-order valence-corrected chi connectivity index (χ4v) is 1.95. The van der Waals surface area contributed by atoms with Crippen LogP contribution in [-0.4, -0.2) is 29.6 Å². The van der Waals surface area contributed by atoms with Crippen molar-refractivity contribution in [3.05, 3.63) is 34.9 Å². The average molecular weight is 191 g/mol. The van der Waals surface area contributed by atoms with Crippen molar-refractivity contribution in [1.29, 1.82) is 0 Å². The first kappa shape index (κ1) is 9.21. The van der Waals surface area contributed by atoms with Gasteiger partial charge in [-0.25, -0.2) is 4.79 Å². The molecule has 0 spiro atoms. The van der Waals surface area contributed by atoms with Gasteiger partial charge in [-0.2, -0.15) is 0 Å². The lowest BCUT2D eigenvalue weighted by molar-refractivity contribution is 0.0695. The molecule has 1 heterocycles. The molecule has 1 aromatic rings. The van der Waals surface area contributed by atoms with E-state index in [4.69, 9.17) is 5.11 Å². The molecule has 0 radical (unpaired) electrons. The van der Waals surface area contributed by atoms with Crippen molar-refractivity contribution in [3.63, 3.8) is 0 Å². The molecule has 1 aliphatic rings. The van der Waals surface area contributed by atoms with Crippen molar-refractivity contribution in [1.82, 2.24) is 4.90 Å². The average Bonchev–Trinajstić information content (AvgIpc) is 2.16. The Labute approximate surface area is 83.0 Å². The van der Waals surface area contributed by atoms with E-state index in [2.05, 4.69) is 11.9 Å². The predicted octanol–water partition coefficient (Wildman–Crippen LogP) is 1.37. The molecular formula is C11H13NO2. The van der Waals surface area contributed by atoms with Crippen molar-refractivity contribution in [2.75, 3.05) is 13.6 Å². The van der Waals surface area contributed by atoms with Crippen molar-refractivity contribution in [2.45, 2.75) is 13.0 Å². The summed E-state index contributed by atoms with van der Waals surface area (Å²) in [6.45, 7) is 1.80. The molecular weight excluding hydrogens is 178 g/mol. The zero-order valence-corrected chi connectivity index (χ0v) is 8.16. The van der Waals surface area contributed by atoms with Crippen LogP contribution in [0.3, 0.4) is 0 Å². The number of rotatable bonds is 1. The largest absolute Gasteiger partial charge is 0.478 e. The number of benzene rings is 1. The Hall–Kier alpha value is -1.35. The lowest BCUT2D eigenvalue weighted by Crippen LogP contribution is -2.27. The lowest BCUT2D eigenvalue weighted by Gasteiger charge is -2.25. The van der Waals surface area contributed by atoms with Crippen LogP contribution in [0.5, 0.6) is 0 Å². The first-order valence-corrected chi connectivity index (χ1v) is 4.71. The van der Waals surface area contributed by atoms with Gasteiger partial charge in [0.1, 0.15) is 0 Å². The van der Waals surface area contributed by atoms with Gasteiger partial charge in [-0.1, -0.05) is 12.1 Å². The van der Waals surface area contributed by atoms with Gasteiger partial charge in [0.2, 0.25) is 0 Å². The van der Waals surface area contributed by atoms with E-state index in [0.29, 0.717) is 5.56 Å². The number of carboxylic acid groups (broad SMARTS) is 1. The third-order valence-corrected chi connectivity index (χ3v) is 2.69. The molecule has 0 saturated carbocycles. The van der Waals surface area contributed by atoms with E-state index in [1.807, 2.05) is 12.1 Å². The number of hydrogen-bond acceptors (Lipinski definition) is 2. The molecule has 0 bridgehead atoms. The number of aromatic carboxylic acids is 1. The quantitative estimate of drug-likeness (QED) is 0.729. The first-order valence-electron chi connectivity index (χ1n) is 4.71.